The number of benzene rings is 1. The highest BCUT2D eigenvalue weighted by atomic mass is 32.2. The largest absolute Gasteiger partial charge is 0.355 e. The van der Waals surface area contributed by atoms with Gasteiger partial charge in [-0.25, -0.2) is 12.4 Å². The van der Waals surface area contributed by atoms with Crippen molar-refractivity contribution in [2.75, 3.05) is 13.1 Å². The van der Waals surface area contributed by atoms with Crippen LogP contribution < -0.4 is 5.32 Å². The average Bonchev–Trinajstić information content (AvgIpc) is 3.00. The number of carbonyl (C=O) groups is 1. The Labute approximate surface area is 142 Å². The predicted molar refractivity (Wildman–Crippen MR) is 91.0 cm³/mol. The monoisotopic (exact) mass is 347 g/mol. The van der Waals surface area contributed by atoms with E-state index in [0.29, 0.717) is 31.7 Å². The molecule has 0 spiro atoms. The second-order valence-corrected chi connectivity index (χ2v) is 7.80. The summed E-state index contributed by atoms with van der Waals surface area (Å²) in [5, 5.41) is 2.87. The lowest BCUT2D eigenvalue weighted by Crippen LogP contribution is -2.37. The fourth-order valence-corrected chi connectivity index (χ4v) is 4.24. The lowest BCUT2D eigenvalue weighted by molar-refractivity contribution is -0.120. The number of carbonyl (C=O) groups excluding carboxylic acids is 1. The molecule has 128 valence electrons. The lowest BCUT2D eigenvalue weighted by Gasteiger charge is -2.26. The van der Waals surface area contributed by atoms with Crippen molar-refractivity contribution in [1.29, 1.82) is 0 Å². The van der Waals surface area contributed by atoms with E-state index in [2.05, 4.69) is 10.2 Å². The van der Waals surface area contributed by atoms with E-state index in [9.17, 15) is 13.2 Å². The molecule has 1 atom stereocenters. The molecule has 1 fully saturated rings. The van der Waals surface area contributed by atoms with Gasteiger partial charge in [-0.1, -0.05) is 18.2 Å². The molecule has 6 nitrogen and oxygen atoms in total. The molecule has 1 aliphatic rings. The van der Waals surface area contributed by atoms with Crippen molar-refractivity contribution in [1.82, 2.24) is 14.2 Å². The number of rotatable bonds is 4. The van der Waals surface area contributed by atoms with Crippen LogP contribution in [0.1, 0.15) is 19.0 Å². The van der Waals surface area contributed by atoms with Crippen molar-refractivity contribution in [3.63, 3.8) is 0 Å². The Hall–Kier alpha value is -2.12. The Morgan fingerprint density at radius 1 is 1.17 bits per heavy atom. The van der Waals surface area contributed by atoms with Crippen LogP contribution in [-0.4, -0.2) is 42.3 Å². The first-order chi connectivity index (χ1) is 11.5. The van der Waals surface area contributed by atoms with Crippen LogP contribution in [0, 0.1) is 0 Å². The minimum Gasteiger partial charge on any atom is -0.355 e. The fourth-order valence-electron chi connectivity index (χ4n) is 2.85. The second-order valence-electron chi connectivity index (χ2n) is 5.99. The Morgan fingerprint density at radius 2 is 1.92 bits per heavy atom. The molecule has 1 aromatic heterocycles. The molecule has 7 heteroatoms. The summed E-state index contributed by atoms with van der Waals surface area (Å²) in [6.07, 6.45) is 2.00. The topological polar surface area (TPSA) is 71.4 Å². The van der Waals surface area contributed by atoms with Crippen LogP contribution in [0.5, 0.6) is 0 Å². The lowest BCUT2D eigenvalue weighted by atomic mass is 10.2. The molecule has 1 amide bonds. The average molecular weight is 347 g/mol. The van der Waals surface area contributed by atoms with Crippen LogP contribution in [0.2, 0.25) is 0 Å². The van der Waals surface area contributed by atoms with Crippen LogP contribution in [0.3, 0.4) is 0 Å². The zero-order chi connectivity index (χ0) is 17.2. The van der Waals surface area contributed by atoms with Gasteiger partial charge in [0.05, 0.1) is 4.90 Å². The third kappa shape index (κ3) is 3.37. The van der Waals surface area contributed by atoms with E-state index in [1.807, 2.05) is 13.0 Å². The van der Waals surface area contributed by atoms with E-state index in [-0.39, 0.29) is 16.8 Å². The second kappa shape index (κ2) is 6.78. The molecule has 0 bridgehead atoms. The van der Waals surface area contributed by atoms with Gasteiger partial charge < -0.3 is 5.32 Å². The molecule has 24 heavy (non-hydrogen) atoms. The van der Waals surface area contributed by atoms with E-state index in [0.717, 1.165) is 0 Å². The molecule has 0 aliphatic carbocycles. The summed E-state index contributed by atoms with van der Waals surface area (Å²) in [7, 11) is -3.61. The van der Waals surface area contributed by atoms with E-state index in [1.165, 1.54) is 3.97 Å². The van der Waals surface area contributed by atoms with E-state index in [4.69, 9.17) is 0 Å². The first kappa shape index (κ1) is 16.7. The summed E-state index contributed by atoms with van der Waals surface area (Å²) < 4.78 is 27.0. The van der Waals surface area contributed by atoms with Crippen LogP contribution in [0.15, 0.2) is 53.6 Å². The van der Waals surface area contributed by atoms with Crippen molar-refractivity contribution < 1.29 is 13.2 Å². The summed E-state index contributed by atoms with van der Waals surface area (Å²) >= 11 is 0. The molecule has 1 aromatic carbocycles. The summed E-state index contributed by atoms with van der Waals surface area (Å²) in [6, 6.07) is 12.1. The molecule has 1 N–H and O–H groups in total. The molecule has 1 saturated heterocycles. The highest BCUT2D eigenvalue weighted by Crippen LogP contribution is 2.19. The Bertz CT molecular complexity index is 815. The summed E-state index contributed by atoms with van der Waals surface area (Å²) in [5.41, 5.74) is 0.694. The summed E-state index contributed by atoms with van der Waals surface area (Å²) in [4.78, 5) is 13.9. The van der Waals surface area contributed by atoms with Crippen LogP contribution in [0.4, 0.5) is 0 Å². The zero-order valence-electron chi connectivity index (χ0n) is 13.6. The third-order valence-electron chi connectivity index (χ3n) is 4.30. The Morgan fingerprint density at radius 3 is 2.67 bits per heavy atom. The number of hydrogen-bond acceptors (Lipinski definition) is 4. The zero-order valence-corrected chi connectivity index (χ0v) is 14.4. The van der Waals surface area contributed by atoms with Crippen molar-refractivity contribution in [3.05, 3.63) is 54.4 Å². The highest BCUT2D eigenvalue weighted by molar-refractivity contribution is 7.90. The molecule has 0 saturated carbocycles. The van der Waals surface area contributed by atoms with E-state index in [1.54, 1.807) is 42.6 Å². The molecule has 1 aliphatic heterocycles. The molecule has 2 heterocycles. The van der Waals surface area contributed by atoms with Gasteiger partial charge in [0.2, 0.25) is 5.91 Å². The third-order valence-corrected chi connectivity index (χ3v) is 6.04. The molecule has 0 radical (unpaired) electrons. The maximum absolute atomic E-state index is 12.8. The minimum absolute atomic E-state index is 0.0386. The standard InChI is InChI=1S/C17H21N3O3S/c1-14-12-18-17(21)9-11-19(14)13-15-6-5-10-20(15)24(22,23)16-7-3-2-4-8-16/h2-8,10,14H,9,11-13H2,1H3,(H,18,21)/t14-/m1/s1. The van der Waals surface area contributed by atoms with Gasteiger partial charge in [-0.2, -0.15) is 0 Å². The molecule has 2 aromatic rings. The highest BCUT2D eigenvalue weighted by Gasteiger charge is 2.24. The fraction of sp³-hybridized carbons (Fsp3) is 0.353. The normalized spacial score (nSPS) is 19.7. The van der Waals surface area contributed by atoms with Gasteiger partial charge in [0.25, 0.3) is 10.0 Å². The van der Waals surface area contributed by atoms with Crippen molar-refractivity contribution in [2.45, 2.75) is 30.8 Å². The number of nitrogens with zero attached hydrogens (tertiary/aromatic N) is 2. The van der Waals surface area contributed by atoms with Gasteiger partial charge in [-0.15, -0.1) is 0 Å². The molecule has 0 unspecified atom stereocenters. The maximum atomic E-state index is 12.8. The van der Waals surface area contributed by atoms with Crippen molar-refractivity contribution >= 4 is 15.9 Å². The molecular formula is C17H21N3O3S. The Kier molecular flexibility index (Phi) is 4.73. The number of aromatic nitrogens is 1. The molecule has 3 rings (SSSR count). The van der Waals surface area contributed by atoms with Gasteiger partial charge in [-0.05, 0) is 31.2 Å². The van der Waals surface area contributed by atoms with Gasteiger partial charge in [0.15, 0.2) is 0 Å². The van der Waals surface area contributed by atoms with Crippen LogP contribution >= 0.6 is 0 Å². The van der Waals surface area contributed by atoms with Gasteiger partial charge in [-0.3, -0.25) is 9.69 Å². The quantitative estimate of drug-likeness (QED) is 0.908. The number of amides is 1. The summed E-state index contributed by atoms with van der Waals surface area (Å²) in [6.45, 7) is 3.70. The first-order valence-electron chi connectivity index (χ1n) is 7.96. The summed E-state index contributed by atoms with van der Waals surface area (Å²) in [5.74, 6) is 0.0386. The van der Waals surface area contributed by atoms with Gasteiger partial charge >= 0.3 is 0 Å². The van der Waals surface area contributed by atoms with E-state index >= 15 is 0 Å². The minimum atomic E-state index is -3.61. The maximum Gasteiger partial charge on any atom is 0.267 e. The van der Waals surface area contributed by atoms with Gasteiger partial charge in [0, 0.05) is 44.0 Å². The Balaban J connectivity index is 1.87. The number of hydrogen-bond donors (Lipinski definition) is 1. The van der Waals surface area contributed by atoms with Gasteiger partial charge in [0.1, 0.15) is 0 Å². The van der Waals surface area contributed by atoms with Crippen LogP contribution in [0.25, 0.3) is 0 Å². The van der Waals surface area contributed by atoms with Crippen LogP contribution in [-0.2, 0) is 21.4 Å². The van der Waals surface area contributed by atoms with E-state index < -0.39 is 10.0 Å². The number of nitrogens with one attached hydrogen (secondary N) is 1. The van der Waals surface area contributed by atoms with Crippen molar-refractivity contribution in [2.24, 2.45) is 0 Å². The molecular weight excluding hydrogens is 326 g/mol. The predicted octanol–water partition coefficient (Wildman–Crippen LogP) is 1.44. The smallest absolute Gasteiger partial charge is 0.267 e. The first-order valence-corrected chi connectivity index (χ1v) is 9.40. The van der Waals surface area contributed by atoms with Crippen molar-refractivity contribution in [3.8, 4) is 0 Å². The SMILES string of the molecule is C[C@@H]1CNC(=O)CCN1Cc1cccn1S(=O)(=O)c1ccccc1.